The Labute approximate surface area is 124 Å². The van der Waals surface area contributed by atoms with E-state index in [2.05, 4.69) is 26.1 Å². The molecule has 0 aliphatic heterocycles. The number of benzene rings is 2. The first-order chi connectivity index (χ1) is 9.63. The first-order valence-corrected chi connectivity index (χ1v) is 6.82. The van der Waals surface area contributed by atoms with Crippen molar-refractivity contribution in [1.82, 2.24) is 10.1 Å². The molecule has 0 spiro atoms. The summed E-state index contributed by atoms with van der Waals surface area (Å²) in [7, 11) is 0. The maximum Gasteiger partial charge on any atom is 0.261 e. The Morgan fingerprint density at radius 2 is 1.85 bits per heavy atom. The second kappa shape index (κ2) is 5.09. The summed E-state index contributed by atoms with van der Waals surface area (Å²) in [6.07, 6.45) is 0. The molecular formula is C15H11BrN2O2. The van der Waals surface area contributed by atoms with Crippen LogP contribution in [0.15, 0.2) is 51.5 Å². The summed E-state index contributed by atoms with van der Waals surface area (Å²) >= 11 is 3.38. The molecule has 3 rings (SSSR count). The van der Waals surface area contributed by atoms with Gasteiger partial charge >= 0.3 is 0 Å². The van der Waals surface area contributed by atoms with Gasteiger partial charge in [0.1, 0.15) is 5.75 Å². The van der Waals surface area contributed by atoms with E-state index >= 15 is 0 Å². The molecule has 0 aliphatic rings. The zero-order chi connectivity index (χ0) is 14.1. The molecule has 100 valence electrons. The molecule has 1 N–H and O–H groups in total. The molecule has 0 bridgehead atoms. The normalized spacial score (nSPS) is 10.7. The number of rotatable bonds is 2. The molecule has 0 unspecified atom stereocenters. The van der Waals surface area contributed by atoms with E-state index in [1.165, 1.54) is 0 Å². The minimum Gasteiger partial charge on any atom is -0.507 e. The first-order valence-electron chi connectivity index (χ1n) is 6.03. The van der Waals surface area contributed by atoms with Crippen molar-refractivity contribution < 1.29 is 9.63 Å². The summed E-state index contributed by atoms with van der Waals surface area (Å²) in [5.74, 6) is 0.934. The third-order valence-corrected chi connectivity index (χ3v) is 3.44. The van der Waals surface area contributed by atoms with Crippen LogP contribution in [-0.4, -0.2) is 15.2 Å². The van der Waals surface area contributed by atoms with Crippen LogP contribution < -0.4 is 0 Å². The monoisotopic (exact) mass is 330 g/mol. The van der Waals surface area contributed by atoms with Crippen LogP contribution in [0.5, 0.6) is 5.75 Å². The van der Waals surface area contributed by atoms with Gasteiger partial charge in [-0.15, -0.1) is 0 Å². The van der Waals surface area contributed by atoms with Crippen LogP contribution >= 0.6 is 15.9 Å². The Morgan fingerprint density at radius 3 is 2.55 bits per heavy atom. The van der Waals surface area contributed by atoms with Crippen molar-refractivity contribution in [2.75, 3.05) is 0 Å². The van der Waals surface area contributed by atoms with Crippen LogP contribution in [0.3, 0.4) is 0 Å². The minimum absolute atomic E-state index is 0.135. The van der Waals surface area contributed by atoms with Crippen molar-refractivity contribution in [3.63, 3.8) is 0 Å². The molecule has 2 aromatic carbocycles. The summed E-state index contributed by atoms with van der Waals surface area (Å²) in [4.78, 5) is 4.32. The van der Waals surface area contributed by atoms with Crippen LogP contribution in [0.1, 0.15) is 5.56 Å². The molecule has 3 aromatic rings. The van der Waals surface area contributed by atoms with Crippen LogP contribution in [0.4, 0.5) is 0 Å². The lowest BCUT2D eigenvalue weighted by Gasteiger charge is -1.99. The molecule has 1 aromatic heterocycles. The molecule has 0 amide bonds. The van der Waals surface area contributed by atoms with Gasteiger partial charge in [0.25, 0.3) is 5.89 Å². The van der Waals surface area contributed by atoms with E-state index in [4.69, 9.17) is 4.52 Å². The summed E-state index contributed by atoms with van der Waals surface area (Å²) in [5, 5.41) is 13.9. The van der Waals surface area contributed by atoms with Crippen molar-refractivity contribution in [2.24, 2.45) is 0 Å². The number of phenols is 1. The second-order valence-corrected chi connectivity index (χ2v) is 5.37. The van der Waals surface area contributed by atoms with Crippen molar-refractivity contribution in [3.8, 4) is 28.6 Å². The summed E-state index contributed by atoms with van der Waals surface area (Å²) in [6.45, 7) is 1.91. The SMILES string of the molecule is Cc1ccc(-c2nc(-c3ccc(Br)cc3)no2)c(O)c1. The molecule has 0 saturated heterocycles. The van der Waals surface area contributed by atoms with Crippen molar-refractivity contribution in [2.45, 2.75) is 6.92 Å². The molecular weight excluding hydrogens is 320 g/mol. The fourth-order valence-electron chi connectivity index (χ4n) is 1.87. The number of hydrogen-bond donors (Lipinski definition) is 1. The van der Waals surface area contributed by atoms with Gasteiger partial charge in [-0.2, -0.15) is 4.98 Å². The van der Waals surface area contributed by atoms with Gasteiger partial charge in [0, 0.05) is 10.0 Å². The zero-order valence-electron chi connectivity index (χ0n) is 10.7. The highest BCUT2D eigenvalue weighted by Crippen LogP contribution is 2.30. The number of aromatic nitrogens is 2. The summed E-state index contributed by atoms with van der Waals surface area (Å²) in [5.41, 5.74) is 2.36. The smallest absolute Gasteiger partial charge is 0.261 e. The number of halogens is 1. The quantitative estimate of drug-likeness (QED) is 0.765. The molecule has 0 atom stereocenters. The zero-order valence-corrected chi connectivity index (χ0v) is 12.3. The summed E-state index contributed by atoms with van der Waals surface area (Å²) in [6, 6.07) is 12.9. The van der Waals surface area contributed by atoms with Gasteiger partial charge in [0.05, 0.1) is 5.56 Å². The Balaban J connectivity index is 1.99. The van der Waals surface area contributed by atoms with Gasteiger partial charge in [-0.25, -0.2) is 0 Å². The molecule has 1 heterocycles. The van der Waals surface area contributed by atoms with E-state index in [-0.39, 0.29) is 5.75 Å². The van der Waals surface area contributed by atoms with Gasteiger partial charge in [0.15, 0.2) is 0 Å². The topological polar surface area (TPSA) is 59.2 Å². The Bertz CT molecular complexity index is 751. The van der Waals surface area contributed by atoms with Crippen LogP contribution in [-0.2, 0) is 0 Å². The fourth-order valence-corrected chi connectivity index (χ4v) is 2.14. The van der Waals surface area contributed by atoms with Gasteiger partial charge in [-0.3, -0.25) is 0 Å². The van der Waals surface area contributed by atoms with Gasteiger partial charge in [0.2, 0.25) is 5.82 Å². The first kappa shape index (κ1) is 12.9. The largest absolute Gasteiger partial charge is 0.507 e. The van der Waals surface area contributed by atoms with E-state index in [0.717, 1.165) is 15.6 Å². The van der Waals surface area contributed by atoms with Crippen LogP contribution in [0.25, 0.3) is 22.8 Å². The van der Waals surface area contributed by atoms with Crippen molar-refractivity contribution in [3.05, 3.63) is 52.5 Å². The average molecular weight is 331 g/mol. The molecule has 20 heavy (non-hydrogen) atoms. The maximum atomic E-state index is 9.93. The lowest BCUT2D eigenvalue weighted by Crippen LogP contribution is -1.82. The van der Waals surface area contributed by atoms with E-state index in [9.17, 15) is 5.11 Å². The van der Waals surface area contributed by atoms with E-state index in [1.54, 1.807) is 12.1 Å². The molecule has 0 fully saturated rings. The number of hydrogen-bond acceptors (Lipinski definition) is 4. The van der Waals surface area contributed by atoms with Crippen molar-refractivity contribution in [1.29, 1.82) is 0 Å². The van der Waals surface area contributed by atoms with Crippen molar-refractivity contribution >= 4 is 15.9 Å². The van der Waals surface area contributed by atoms with Crippen LogP contribution in [0.2, 0.25) is 0 Å². The standard InChI is InChI=1S/C15H11BrN2O2/c1-9-2-7-12(13(19)8-9)15-17-14(18-20-15)10-3-5-11(16)6-4-10/h2-8,19H,1H3. The number of aromatic hydroxyl groups is 1. The predicted octanol–water partition coefficient (Wildman–Crippen LogP) is 4.18. The number of phenolic OH excluding ortho intramolecular Hbond substituents is 1. The Kier molecular flexibility index (Phi) is 3.28. The predicted molar refractivity (Wildman–Crippen MR) is 79.3 cm³/mol. The lowest BCUT2D eigenvalue weighted by atomic mass is 10.1. The molecule has 0 aliphatic carbocycles. The molecule has 5 heteroatoms. The number of nitrogens with zero attached hydrogens (tertiary/aromatic N) is 2. The van der Waals surface area contributed by atoms with E-state index in [0.29, 0.717) is 17.3 Å². The molecule has 0 radical (unpaired) electrons. The highest BCUT2D eigenvalue weighted by molar-refractivity contribution is 9.10. The molecule has 4 nitrogen and oxygen atoms in total. The lowest BCUT2D eigenvalue weighted by molar-refractivity contribution is 0.425. The fraction of sp³-hybridized carbons (Fsp3) is 0.0667. The van der Waals surface area contributed by atoms with Crippen LogP contribution in [0, 0.1) is 6.92 Å². The van der Waals surface area contributed by atoms with Gasteiger partial charge in [-0.1, -0.05) is 27.2 Å². The Hall–Kier alpha value is -2.14. The second-order valence-electron chi connectivity index (χ2n) is 4.45. The Morgan fingerprint density at radius 1 is 1.10 bits per heavy atom. The highest BCUT2D eigenvalue weighted by Gasteiger charge is 2.13. The van der Waals surface area contributed by atoms with E-state index in [1.807, 2.05) is 37.3 Å². The van der Waals surface area contributed by atoms with E-state index < -0.39 is 0 Å². The maximum absolute atomic E-state index is 9.93. The third-order valence-electron chi connectivity index (χ3n) is 2.91. The minimum atomic E-state index is 0.135. The average Bonchev–Trinajstić information content (AvgIpc) is 2.89. The number of aryl methyl sites for hydroxylation is 1. The van der Waals surface area contributed by atoms with Gasteiger partial charge in [-0.05, 0) is 48.9 Å². The summed E-state index contributed by atoms with van der Waals surface area (Å²) < 4.78 is 6.21. The van der Waals surface area contributed by atoms with Gasteiger partial charge < -0.3 is 9.63 Å². The third kappa shape index (κ3) is 2.44. The molecule has 0 saturated carbocycles. The highest BCUT2D eigenvalue weighted by atomic mass is 79.9.